The van der Waals surface area contributed by atoms with E-state index in [1.54, 1.807) is 14.2 Å². The Kier molecular flexibility index (Phi) is 4.71. The molecule has 0 spiro atoms. The highest BCUT2D eigenvalue weighted by molar-refractivity contribution is 9.10. The highest BCUT2D eigenvalue weighted by Gasteiger charge is 2.28. The van der Waals surface area contributed by atoms with Crippen molar-refractivity contribution < 1.29 is 9.47 Å². The van der Waals surface area contributed by atoms with E-state index >= 15 is 0 Å². The SMILES string of the molecule is COc1cccc(C2C=C(c3cccc(Br)c3)Nc3nc4ccccc4n32)c1OC. The lowest BCUT2D eigenvalue weighted by Crippen LogP contribution is -2.19. The van der Waals surface area contributed by atoms with Gasteiger partial charge in [0.1, 0.15) is 0 Å². The summed E-state index contributed by atoms with van der Waals surface area (Å²) in [5, 5.41) is 3.52. The number of benzene rings is 3. The minimum Gasteiger partial charge on any atom is -0.493 e. The lowest BCUT2D eigenvalue weighted by atomic mass is 9.99. The quantitative estimate of drug-likeness (QED) is 0.412. The van der Waals surface area contributed by atoms with E-state index in [1.165, 1.54) is 0 Å². The summed E-state index contributed by atoms with van der Waals surface area (Å²) in [6.07, 6.45) is 2.21. The van der Waals surface area contributed by atoms with Crippen LogP contribution in [-0.2, 0) is 0 Å². The number of rotatable bonds is 4. The second kappa shape index (κ2) is 7.54. The number of nitrogens with zero attached hydrogens (tertiary/aromatic N) is 2. The molecule has 1 N–H and O–H groups in total. The molecule has 6 heteroatoms. The first-order valence-electron chi connectivity index (χ1n) is 9.62. The van der Waals surface area contributed by atoms with Gasteiger partial charge in [-0.05, 0) is 42.0 Å². The van der Waals surface area contributed by atoms with Gasteiger partial charge in [0.25, 0.3) is 0 Å². The number of para-hydroxylation sites is 3. The molecule has 30 heavy (non-hydrogen) atoms. The number of aromatic nitrogens is 2. The number of fused-ring (bicyclic) bond motifs is 3. The Hall–Kier alpha value is -3.25. The monoisotopic (exact) mass is 461 g/mol. The fraction of sp³-hybridized carbons (Fsp3) is 0.125. The van der Waals surface area contributed by atoms with Crippen molar-refractivity contribution in [3.8, 4) is 11.5 Å². The maximum Gasteiger partial charge on any atom is 0.209 e. The van der Waals surface area contributed by atoms with Gasteiger partial charge in [-0.25, -0.2) is 4.98 Å². The van der Waals surface area contributed by atoms with Crippen molar-refractivity contribution in [1.29, 1.82) is 0 Å². The van der Waals surface area contributed by atoms with Gasteiger partial charge in [-0.2, -0.15) is 0 Å². The molecule has 5 rings (SSSR count). The van der Waals surface area contributed by atoms with Gasteiger partial charge in [0.05, 0.1) is 31.3 Å². The number of ether oxygens (including phenoxy) is 2. The van der Waals surface area contributed by atoms with Crippen molar-refractivity contribution in [2.24, 2.45) is 0 Å². The Morgan fingerprint density at radius 2 is 1.80 bits per heavy atom. The van der Waals surface area contributed by atoms with Crippen molar-refractivity contribution in [2.45, 2.75) is 6.04 Å². The summed E-state index contributed by atoms with van der Waals surface area (Å²) in [6, 6.07) is 22.2. The van der Waals surface area contributed by atoms with Crippen LogP contribution in [0.5, 0.6) is 11.5 Å². The minimum atomic E-state index is -0.118. The molecule has 150 valence electrons. The summed E-state index contributed by atoms with van der Waals surface area (Å²) in [6.45, 7) is 0. The molecule has 1 atom stereocenters. The highest BCUT2D eigenvalue weighted by atomic mass is 79.9. The molecule has 5 nitrogen and oxygen atoms in total. The van der Waals surface area contributed by atoms with Crippen LogP contribution in [0.4, 0.5) is 5.95 Å². The molecule has 2 heterocycles. The van der Waals surface area contributed by atoms with Crippen molar-refractivity contribution in [3.63, 3.8) is 0 Å². The standard InChI is InChI=1S/C24H20BrN3O2/c1-29-22-12-6-9-17(23(22)30-2)21-14-19(15-7-5-8-16(25)13-15)27-24-26-18-10-3-4-11-20(18)28(21)24/h3-14,21H,1-2H3,(H,26,27). The van der Waals surface area contributed by atoms with E-state index in [0.717, 1.165) is 44.0 Å². The van der Waals surface area contributed by atoms with Crippen molar-refractivity contribution in [2.75, 3.05) is 19.5 Å². The van der Waals surface area contributed by atoms with Gasteiger partial charge in [-0.1, -0.05) is 52.3 Å². The molecule has 0 fully saturated rings. The van der Waals surface area contributed by atoms with Crippen LogP contribution in [0.2, 0.25) is 0 Å². The summed E-state index contributed by atoms with van der Waals surface area (Å²) in [4.78, 5) is 4.85. The molecule has 1 aliphatic rings. The van der Waals surface area contributed by atoms with E-state index in [-0.39, 0.29) is 6.04 Å². The maximum absolute atomic E-state index is 5.77. The fourth-order valence-electron chi connectivity index (χ4n) is 4.01. The molecule has 0 amide bonds. The zero-order chi connectivity index (χ0) is 20.7. The van der Waals surface area contributed by atoms with Crippen LogP contribution in [0, 0.1) is 0 Å². The van der Waals surface area contributed by atoms with E-state index in [1.807, 2.05) is 42.5 Å². The van der Waals surface area contributed by atoms with Crippen molar-refractivity contribution >= 4 is 38.6 Å². The number of imidazole rings is 1. The van der Waals surface area contributed by atoms with E-state index in [0.29, 0.717) is 5.75 Å². The van der Waals surface area contributed by atoms with Crippen LogP contribution < -0.4 is 14.8 Å². The topological polar surface area (TPSA) is 48.3 Å². The first-order valence-corrected chi connectivity index (χ1v) is 10.4. The summed E-state index contributed by atoms with van der Waals surface area (Å²) in [5.74, 6) is 2.22. The Morgan fingerprint density at radius 1 is 0.967 bits per heavy atom. The summed E-state index contributed by atoms with van der Waals surface area (Å²) in [7, 11) is 3.33. The van der Waals surface area contributed by atoms with Crippen molar-refractivity contribution in [1.82, 2.24) is 9.55 Å². The third-order valence-corrected chi connectivity index (χ3v) is 5.83. The lowest BCUT2D eigenvalue weighted by Gasteiger charge is -2.28. The van der Waals surface area contributed by atoms with Crippen LogP contribution in [0.1, 0.15) is 17.2 Å². The van der Waals surface area contributed by atoms with Gasteiger partial charge in [0.2, 0.25) is 5.95 Å². The van der Waals surface area contributed by atoms with E-state index in [9.17, 15) is 0 Å². The largest absolute Gasteiger partial charge is 0.493 e. The molecule has 0 saturated carbocycles. The normalized spacial score (nSPS) is 15.3. The summed E-state index contributed by atoms with van der Waals surface area (Å²) >= 11 is 3.58. The Labute approximate surface area is 183 Å². The van der Waals surface area contributed by atoms with Crippen LogP contribution in [0.15, 0.2) is 77.3 Å². The molecule has 1 aliphatic heterocycles. The van der Waals surface area contributed by atoms with Crippen LogP contribution >= 0.6 is 15.9 Å². The second-order valence-electron chi connectivity index (χ2n) is 7.04. The zero-order valence-electron chi connectivity index (χ0n) is 16.6. The number of halogens is 1. The molecule has 0 bridgehead atoms. The number of allylic oxidation sites excluding steroid dienone is 1. The Morgan fingerprint density at radius 3 is 2.60 bits per heavy atom. The molecule has 0 radical (unpaired) electrons. The lowest BCUT2D eigenvalue weighted by molar-refractivity contribution is 0.350. The maximum atomic E-state index is 5.77. The first kappa shape index (κ1) is 18.8. The van der Waals surface area contributed by atoms with E-state index in [4.69, 9.17) is 14.5 Å². The smallest absolute Gasteiger partial charge is 0.209 e. The highest BCUT2D eigenvalue weighted by Crippen LogP contribution is 2.42. The average Bonchev–Trinajstić information content (AvgIpc) is 3.16. The number of methoxy groups -OCH3 is 2. The van der Waals surface area contributed by atoms with Gasteiger partial charge >= 0.3 is 0 Å². The third kappa shape index (κ3) is 3.04. The summed E-state index contributed by atoms with van der Waals surface area (Å²) < 4.78 is 14.6. The second-order valence-corrected chi connectivity index (χ2v) is 7.95. The number of hydrogen-bond donors (Lipinski definition) is 1. The zero-order valence-corrected chi connectivity index (χ0v) is 18.2. The van der Waals surface area contributed by atoms with Gasteiger partial charge < -0.3 is 14.8 Å². The fourth-order valence-corrected chi connectivity index (χ4v) is 4.41. The molecular formula is C24H20BrN3O2. The predicted octanol–water partition coefficient (Wildman–Crippen LogP) is 5.87. The minimum absolute atomic E-state index is 0.118. The van der Waals surface area contributed by atoms with Gasteiger partial charge in [-0.3, -0.25) is 4.57 Å². The Balaban J connectivity index is 1.77. The number of hydrogen-bond acceptors (Lipinski definition) is 4. The van der Waals surface area contributed by atoms with Crippen LogP contribution in [0.3, 0.4) is 0 Å². The summed E-state index contributed by atoms with van der Waals surface area (Å²) in [5.41, 5.74) is 5.08. The molecule has 1 aromatic heterocycles. The van der Waals surface area contributed by atoms with Gasteiger partial charge in [-0.15, -0.1) is 0 Å². The molecule has 3 aromatic carbocycles. The molecule has 0 saturated heterocycles. The predicted molar refractivity (Wildman–Crippen MR) is 123 cm³/mol. The number of anilines is 1. The first-order chi connectivity index (χ1) is 14.7. The van der Waals surface area contributed by atoms with Crippen LogP contribution in [0.25, 0.3) is 16.7 Å². The van der Waals surface area contributed by atoms with Crippen LogP contribution in [-0.4, -0.2) is 23.8 Å². The molecular weight excluding hydrogens is 442 g/mol. The van der Waals surface area contributed by atoms with E-state index in [2.05, 4.69) is 56.2 Å². The van der Waals surface area contributed by atoms with Crippen molar-refractivity contribution in [3.05, 3.63) is 88.4 Å². The third-order valence-electron chi connectivity index (χ3n) is 5.33. The van der Waals surface area contributed by atoms with Gasteiger partial charge in [0, 0.05) is 15.7 Å². The van der Waals surface area contributed by atoms with E-state index < -0.39 is 0 Å². The molecule has 0 aliphatic carbocycles. The average molecular weight is 462 g/mol. The molecule has 1 unspecified atom stereocenters. The number of nitrogens with one attached hydrogen (secondary N) is 1. The Bertz CT molecular complexity index is 1280. The molecule has 4 aromatic rings. The van der Waals surface area contributed by atoms with Gasteiger partial charge in [0.15, 0.2) is 11.5 Å².